The fourth-order valence-corrected chi connectivity index (χ4v) is 5.01. The second kappa shape index (κ2) is 16.8. The number of guanidine groups is 1. The molecule has 2 saturated carbocycles. The number of carbonyl (C=O) groups is 3. The molecule has 2 atom stereocenters. The molecule has 256 valence electrons. The molecule has 0 spiro atoms. The third kappa shape index (κ3) is 12.5. The van der Waals surface area contributed by atoms with E-state index in [0.717, 1.165) is 42.1 Å². The van der Waals surface area contributed by atoms with Gasteiger partial charge in [-0.25, -0.2) is 19.6 Å². The summed E-state index contributed by atoms with van der Waals surface area (Å²) in [5.74, 6) is -4.33. The van der Waals surface area contributed by atoms with Gasteiger partial charge < -0.3 is 31.9 Å². The Hall–Kier alpha value is -4.38. The lowest BCUT2D eigenvalue weighted by molar-refractivity contribution is -0.193. The molecule has 2 aromatic rings. The van der Waals surface area contributed by atoms with Crippen LogP contribution in [-0.4, -0.2) is 75.0 Å². The number of amides is 1. The Morgan fingerprint density at radius 3 is 1.93 bits per heavy atom. The number of carboxylic acids is 2. The summed E-state index contributed by atoms with van der Waals surface area (Å²) in [5.41, 5.74) is 7.48. The Bertz CT molecular complexity index is 1340. The normalized spacial score (nSPS) is 18.6. The van der Waals surface area contributed by atoms with Crippen LogP contribution in [0.25, 0.3) is 10.9 Å². The Labute approximate surface area is 260 Å². The van der Waals surface area contributed by atoms with Gasteiger partial charge in [0.25, 0.3) is 5.91 Å². The molecule has 1 amide bonds. The van der Waals surface area contributed by atoms with Crippen molar-refractivity contribution in [1.29, 1.82) is 5.41 Å². The van der Waals surface area contributed by atoms with Gasteiger partial charge in [0.05, 0.1) is 5.52 Å². The number of rotatable bonds is 6. The molecule has 0 saturated heterocycles. The SMILES string of the molecule is Cc1ccc2nc(C(=O)NCC3CCCCC3)nc(NC3CCCCC3NC(=N)N)c2c1.O=C(O)C(F)(F)F.O=C(O)C(F)(F)F. The average Bonchev–Trinajstić information content (AvgIpc) is 2.97. The van der Waals surface area contributed by atoms with E-state index in [0.29, 0.717) is 18.3 Å². The number of carboxylic acid groups (broad SMARTS) is 2. The summed E-state index contributed by atoms with van der Waals surface area (Å²) in [6, 6.07) is 6.13. The maximum absolute atomic E-state index is 12.9. The summed E-state index contributed by atoms with van der Waals surface area (Å²) >= 11 is 0. The summed E-state index contributed by atoms with van der Waals surface area (Å²) in [4.78, 5) is 40.0. The number of anilines is 1. The maximum atomic E-state index is 12.9. The molecule has 2 aliphatic rings. The van der Waals surface area contributed by atoms with Gasteiger partial charge in [-0.1, -0.05) is 43.7 Å². The number of nitrogens with one attached hydrogen (secondary N) is 4. The van der Waals surface area contributed by atoms with Crippen LogP contribution in [0.3, 0.4) is 0 Å². The van der Waals surface area contributed by atoms with Crippen LogP contribution < -0.4 is 21.7 Å². The number of benzene rings is 1. The second-order valence-electron chi connectivity index (χ2n) is 10.9. The molecule has 1 aromatic carbocycles. The van der Waals surface area contributed by atoms with E-state index in [9.17, 15) is 31.1 Å². The maximum Gasteiger partial charge on any atom is 0.490 e. The van der Waals surface area contributed by atoms with Crippen molar-refractivity contribution >= 4 is 40.5 Å². The van der Waals surface area contributed by atoms with Gasteiger partial charge in [-0.2, -0.15) is 26.3 Å². The van der Waals surface area contributed by atoms with E-state index in [-0.39, 0.29) is 29.8 Å². The van der Waals surface area contributed by atoms with Crippen LogP contribution in [0.1, 0.15) is 74.0 Å². The summed E-state index contributed by atoms with van der Waals surface area (Å²) in [7, 11) is 0. The number of hydrogen-bond acceptors (Lipinski definition) is 7. The zero-order valence-electron chi connectivity index (χ0n) is 24.9. The van der Waals surface area contributed by atoms with Gasteiger partial charge in [-0.15, -0.1) is 0 Å². The molecule has 2 unspecified atom stereocenters. The fourth-order valence-electron chi connectivity index (χ4n) is 5.01. The molecule has 1 aromatic heterocycles. The number of alkyl halides is 6. The zero-order valence-corrected chi connectivity index (χ0v) is 24.9. The van der Waals surface area contributed by atoms with Crippen LogP contribution in [0.4, 0.5) is 32.2 Å². The Balaban J connectivity index is 0.000000440. The molecule has 12 nitrogen and oxygen atoms in total. The summed E-state index contributed by atoms with van der Waals surface area (Å²) in [6.07, 6.45) is 0.0712. The summed E-state index contributed by atoms with van der Waals surface area (Å²) < 4.78 is 63.5. The molecule has 8 N–H and O–H groups in total. The van der Waals surface area contributed by atoms with Crippen LogP contribution in [0.2, 0.25) is 0 Å². The highest BCUT2D eigenvalue weighted by atomic mass is 19.4. The first-order valence-electron chi connectivity index (χ1n) is 14.4. The minimum atomic E-state index is -5.08. The van der Waals surface area contributed by atoms with E-state index in [1.807, 2.05) is 19.1 Å². The number of aryl methyl sites for hydroxylation is 1. The lowest BCUT2D eigenvalue weighted by atomic mass is 9.89. The third-order valence-electron chi connectivity index (χ3n) is 7.24. The predicted molar refractivity (Wildman–Crippen MR) is 155 cm³/mol. The summed E-state index contributed by atoms with van der Waals surface area (Å²) in [5, 5.41) is 32.5. The highest BCUT2D eigenvalue weighted by Gasteiger charge is 2.39. The van der Waals surface area contributed by atoms with Gasteiger partial charge in [0.15, 0.2) is 5.96 Å². The van der Waals surface area contributed by atoms with Gasteiger partial charge in [-0.05, 0) is 50.7 Å². The summed E-state index contributed by atoms with van der Waals surface area (Å²) in [6.45, 7) is 2.72. The average molecular weight is 666 g/mol. The van der Waals surface area contributed by atoms with Gasteiger partial charge in [0.2, 0.25) is 5.82 Å². The topological polar surface area (TPSA) is 203 Å². The van der Waals surface area contributed by atoms with E-state index < -0.39 is 24.3 Å². The third-order valence-corrected chi connectivity index (χ3v) is 7.24. The monoisotopic (exact) mass is 665 g/mol. The zero-order chi connectivity index (χ0) is 34.7. The second-order valence-corrected chi connectivity index (χ2v) is 10.9. The van der Waals surface area contributed by atoms with E-state index >= 15 is 0 Å². The number of nitrogens with zero attached hydrogens (tertiary/aromatic N) is 2. The molecule has 1 heterocycles. The predicted octanol–water partition coefficient (Wildman–Crippen LogP) is 4.72. The molecule has 0 aliphatic heterocycles. The van der Waals surface area contributed by atoms with Crippen molar-refractivity contribution in [2.45, 2.75) is 89.1 Å². The number of aromatic nitrogens is 2. The number of carbonyl (C=O) groups excluding carboxylic acids is 1. The molecular weight excluding hydrogens is 628 g/mol. The highest BCUT2D eigenvalue weighted by Crippen LogP contribution is 2.27. The van der Waals surface area contributed by atoms with Gasteiger partial charge in [-0.3, -0.25) is 10.2 Å². The Kier molecular flexibility index (Phi) is 13.8. The van der Waals surface area contributed by atoms with E-state index in [2.05, 4.69) is 32.0 Å². The first-order valence-corrected chi connectivity index (χ1v) is 14.4. The van der Waals surface area contributed by atoms with Crippen molar-refractivity contribution in [1.82, 2.24) is 20.6 Å². The minimum Gasteiger partial charge on any atom is -0.475 e. The van der Waals surface area contributed by atoms with E-state index in [1.54, 1.807) is 0 Å². The van der Waals surface area contributed by atoms with Crippen LogP contribution >= 0.6 is 0 Å². The minimum absolute atomic E-state index is 0.0186. The molecule has 4 rings (SSSR count). The van der Waals surface area contributed by atoms with Crippen LogP contribution in [0, 0.1) is 18.3 Å². The largest absolute Gasteiger partial charge is 0.490 e. The van der Waals surface area contributed by atoms with Crippen molar-refractivity contribution in [2.75, 3.05) is 11.9 Å². The number of fused-ring (bicyclic) bond motifs is 1. The molecule has 18 heteroatoms. The van der Waals surface area contributed by atoms with Crippen molar-refractivity contribution < 1.29 is 50.9 Å². The first kappa shape index (κ1) is 37.8. The van der Waals surface area contributed by atoms with Crippen molar-refractivity contribution in [2.24, 2.45) is 11.7 Å². The Morgan fingerprint density at radius 2 is 1.41 bits per heavy atom. The van der Waals surface area contributed by atoms with E-state index in [1.165, 1.54) is 32.1 Å². The highest BCUT2D eigenvalue weighted by molar-refractivity contribution is 5.96. The first-order chi connectivity index (χ1) is 21.4. The van der Waals surface area contributed by atoms with Crippen molar-refractivity contribution in [3.8, 4) is 0 Å². The van der Waals surface area contributed by atoms with Gasteiger partial charge in [0.1, 0.15) is 5.82 Å². The van der Waals surface area contributed by atoms with Crippen LogP contribution in [0.5, 0.6) is 0 Å². The molecule has 2 fully saturated rings. The lowest BCUT2D eigenvalue weighted by Gasteiger charge is -2.33. The number of hydrogen-bond donors (Lipinski definition) is 7. The molecular formula is C28H37F6N7O5. The fraction of sp³-hybridized carbons (Fsp3) is 0.571. The quantitative estimate of drug-likeness (QED) is 0.129. The molecule has 46 heavy (non-hydrogen) atoms. The molecule has 2 aliphatic carbocycles. The smallest absolute Gasteiger partial charge is 0.475 e. The van der Waals surface area contributed by atoms with Gasteiger partial charge >= 0.3 is 24.3 Å². The van der Waals surface area contributed by atoms with Crippen molar-refractivity contribution in [3.63, 3.8) is 0 Å². The van der Waals surface area contributed by atoms with Crippen molar-refractivity contribution in [3.05, 3.63) is 29.6 Å². The Morgan fingerprint density at radius 1 is 0.891 bits per heavy atom. The van der Waals surface area contributed by atoms with Crippen LogP contribution in [0.15, 0.2) is 18.2 Å². The van der Waals surface area contributed by atoms with Crippen LogP contribution in [-0.2, 0) is 9.59 Å². The number of aliphatic carboxylic acids is 2. The lowest BCUT2D eigenvalue weighted by Crippen LogP contribution is -2.50. The molecule has 0 bridgehead atoms. The van der Waals surface area contributed by atoms with E-state index in [4.69, 9.17) is 30.9 Å². The standard InChI is InChI=1S/C24H35N7O.2C2HF3O2/c1-15-11-12-18-17(13-15)21(29-19-9-5-6-10-20(19)30-24(25)26)31-22(28-18)23(32)27-14-16-7-3-2-4-8-16;2*3-2(4,5)1(6)7/h11-13,16,19-20H,2-10,14H2,1H3,(H,27,32)(H4,25,26,30)(H,28,29,31);2*(H,6,7). The van der Waals surface area contributed by atoms with Gasteiger partial charge in [0, 0.05) is 24.0 Å². The number of nitrogens with two attached hydrogens (primary N) is 1. The molecule has 0 radical (unpaired) electrons. The number of halogens is 6.